The van der Waals surface area contributed by atoms with Crippen molar-refractivity contribution >= 4 is 17.1 Å². The Balaban J connectivity index is 2.49. The van der Waals surface area contributed by atoms with Gasteiger partial charge in [0.25, 0.3) is 5.56 Å². The van der Waals surface area contributed by atoms with Gasteiger partial charge in [-0.1, -0.05) is 0 Å². The standard InChI is InChI=1S/C10H12N4O4/c1-13-9(17)7-8(12-5-11-7)14(10(13)18)4-2-3-6(15)16/h5H,2-4H2,1H3,(H,11,12)(H,15,16). The lowest BCUT2D eigenvalue weighted by atomic mass is 10.3. The van der Waals surface area contributed by atoms with Crippen molar-refractivity contribution in [2.24, 2.45) is 7.05 Å². The predicted octanol–water partition coefficient (Wildman–Crippen LogP) is -0.712. The molecule has 0 aromatic carbocycles. The van der Waals surface area contributed by atoms with Crippen LogP contribution < -0.4 is 11.2 Å². The molecule has 0 aliphatic rings. The van der Waals surface area contributed by atoms with Crippen molar-refractivity contribution < 1.29 is 9.90 Å². The van der Waals surface area contributed by atoms with E-state index in [-0.39, 0.29) is 24.1 Å². The van der Waals surface area contributed by atoms with Gasteiger partial charge < -0.3 is 10.1 Å². The Bertz CT molecular complexity index is 709. The molecule has 0 spiro atoms. The number of H-pyrrole nitrogens is 1. The maximum Gasteiger partial charge on any atom is 0.332 e. The van der Waals surface area contributed by atoms with Crippen molar-refractivity contribution in [1.82, 2.24) is 19.1 Å². The van der Waals surface area contributed by atoms with E-state index in [1.807, 2.05) is 0 Å². The third-order valence-corrected chi connectivity index (χ3v) is 2.68. The molecule has 2 N–H and O–H groups in total. The van der Waals surface area contributed by atoms with Gasteiger partial charge in [-0.2, -0.15) is 0 Å². The van der Waals surface area contributed by atoms with E-state index < -0.39 is 17.2 Å². The Morgan fingerprint density at radius 3 is 2.89 bits per heavy atom. The second-order valence-corrected chi connectivity index (χ2v) is 3.90. The molecule has 0 unspecified atom stereocenters. The molecule has 18 heavy (non-hydrogen) atoms. The van der Waals surface area contributed by atoms with E-state index in [9.17, 15) is 14.4 Å². The van der Waals surface area contributed by atoms with Crippen molar-refractivity contribution in [3.63, 3.8) is 0 Å². The molecule has 0 saturated carbocycles. The van der Waals surface area contributed by atoms with E-state index in [0.717, 1.165) is 4.57 Å². The smallest absolute Gasteiger partial charge is 0.332 e. The number of imidazole rings is 1. The summed E-state index contributed by atoms with van der Waals surface area (Å²) in [7, 11) is 1.37. The highest BCUT2D eigenvalue weighted by molar-refractivity contribution is 5.69. The average molecular weight is 252 g/mol. The van der Waals surface area contributed by atoms with Crippen LogP contribution in [0.2, 0.25) is 0 Å². The van der Waals surface area contributed by atoms with Gasteiger partial charge in [-0.25, -0.2) is 9.78 Å². The molecular weight excluding hydrogens is 240 g/mol. The second-order valence-electron chi connectivity index (χ2n) is 3.90. The summed E-state index contributed by atoms with van der Waals surface area (Å²) >= 11 is 0. The van der Waals surface area contributed by atoms with E-state index in [0.29, 0.717) is 6.42 Å². The zero-order valence-electron chi connectivity index (χ0n) is 9.71. The monoisotopic (exact) mass is 252 g/mol. The largest absolute Gasteiger partial charge is 0.481 e. The molecular formula is C10H12N4O4. The highest BCUT2D eigenvalue weighted by atomic mass is 16.4. The third kappa shape index (κ3) is 1.92. The molecule has 0 aliphatic carbocycles. The number of carbonyl (C=O) groups is 1. The van der Waals surface area contributed by atoms with Gasteiger partial charge in [0, 0.05) is 20.0 Å². The fraction of sp³-hybridized carbons (Fsp3) is 0.400. The Morgan fingerprint density at radius 2 is 2.22 bits per heavy atom. The van der Waals surface area contributed by atoms with Crippen molar-refractivity contribution in [3.05, 3.63) is 27.2 Å². The topological polar surface area (TPSA) is 110 Å². The highest BCUT2D eigenvalue weighted by Crippen LogP contribution is 2.02. The molecule has 0 bridgehead atoms. The summed E-state index contributed by atoms with van der Waals surface area (Å²) in [6.07, 6.45) is 1.59. The Hall–Kier alpha value is -2.38. The van der Waals surface area contributed by atoms with Gasteiger partial charge in [0.1, 0.15) is 5.52 Å². The maximum absolute atomic E-state index is 11.9. The molecule has 2 heterocycles. The molecule has 0 atom stereocenters. The van der Waals surface area contributed by atoms with Crippen LogP contribution in [0.15, 0.2) is 15.9 Å². The van der Waals surface area contributed by atoms with Crippen molar-refractivity contribution in [1.29, 1.82) is 0 Å². The first-order valence-electron chi connectivity index (χ1n) is 5.37. The predicted molar refractivity (Wildman–Crippen MR) is 62.5 cm³/mol. The first kappa shape index (κ1) is 12.1. The Kier molecular flexibility index (Phi) is 3.00. The summed E-state index contributed by atoms with van der Waals surface area (Å²) in [4.78, 5) is 40.7. The van der Waals surface area contributed by atoms with Gasteiger partial charge >= 0.3 is 11.7 Å². The van der Waals surface area contributed by atoms with Gasteiger partial charge in [0.05, 0.1) is 6.33 Å². The molecule has 96 valence electrons. The second kappa shape index (κ2) is 4.47. The number of aryl methyl sites for hydroxylation is 1. The number of aliphatic carboxylic acids is 1. The summed E-state index contributed by atoms with van der Waals surface area (Å²) in [5.41, 5.74) is -0.437. The van der Waals surface area contributed by atoms with Crippen LogP contribution in [0.4, 0.5) is 0 Å². The number of rotatable bonds is 4. The number of hydrogen-bond donors (Lipinski definition) is 2. The average Bonchev–Trinajstić information content (AvgIpc) is 2.79. The molecule has 0 aliphatic heterocycles. The van der Waals surface area contributed by atoms with Crippen molar-refractivity contribution in [2.45, 2.75) is 19.4 Å². The van der Waals surface area contributed by atoms with E-state index in [1.165, 1.54) is 17.9 Å². The van der Waals surface area contributed by atoms with Gasteiger partial charge in [-0.15, -0.1) is 0 Å². The van der Waals surface area contributed by atoms with E-state index in [4.69, 9.17) is 5.11 Å². The van der Waals surface area contributed by atoms with E-state index in [1.54, 1.807) is 0 Å². The van der Waals surface area contributed by atoms with Crippen LogP contribution in [-0.2, 0) is 18.4 Å². The SMILES string of the molecule is Cn1c(=O)c2[nH]cnc2n(CCCC(=O)O)c1=O. The van der Waals surface area contributed by atoms with E-state index >= 15 is 0 Å². The molecule has 0 fully saturated rings. The molecule has 2 rings (SSSR count). The van der Waals surface area contributed by atoms with Gasteiger partial charge in [0.15, 0.2) is 5.65 Å². The number of aromatic nitrogens is 4. The lowest BCUT2D eigenvalue weighted by Gasteiger charge is -2.07. The number of hydrogen-bond acceptors (Lipinski definition) is 4. The molecule has 0 amide bonds. The van der Waals surface area contributed by atoms with Crippen LogP contribution in [-0.4, -0.2) is 30.2 Å². The van der Waals surface area contributed by atoms with Gasteiger partial charge in [0.2, 0.25) is 0 Å². The normalized spacial score (nSPS) is 10.9. The van der Waals surface area contributed by atoms with Gasteiger partial charge in [-0.3, -0.25) is 18.7 Å². The lowest BCUT2D eigenvalue weighted by Crippen LogP contribution is -2.38. The van der Waals surface area contributed by atoms with Crippen LogP contribution in [0, 0.1) is 0 Å². The molecule has 2 aromatic heterocycles. The van der Waals surface area contributed by atoms with Crippen LogP contribution >= 0.6 is 0 Å². The zero-order valence-corrected chi connectivity index (χ0v) is 9.71. The van der Waals surface area contributed by atoms with Crippen LogP contribution in [0.1, 0.15) is 12.8 Å². The quantitative estimate of drug-likeness (QED) is 0.746. The minimum Gasteiger partial charge on any atom is -0.481 e. The molecule has 2 aromatic rings. The number of fused-ring (bicyclic) bond motifs is 1. The van der Waals surface area contributed by atoms with Crippen molar-refractivity contribution in [2.75, 3.05) is 0 Å². The van der Waals surface area contributed by atoms with Crippen LogP contribution in [0.3, 0.4) is 0 Å². The maximum atomic E-state index is 11.9. The van der Waals surface area contributed by atoms with Crippen molar-refractivity contribution in [3.8, 4) is 0 Å². The fourth-order valence-electron chi connectivity index (χ4n) is 1.77. The minimum absolute atomic E-state index is 0.0405. The number of nitrogens with zero attached hydrogens (tertiary/aromatic N) is 3. The summed E-state index contributed by atoms with van der Waals surface area (Å²) in [6.45, 7) is 0.209. The highest BCUT2D eigenvalue weighted by Gasteiger charge is 2.12. The van der Waals surface area contributed by atoms with Gasteiger partial charge in [-0.05, 0) is 6.42 Å². The van der Waals surface area contributed by atoms with E-state index in [2.05, 4.69) is 9.97 Å². The number of aromatic amines is 1. The Morgan fingerprint density at radius 1 is 1.50 bits per heavy atom. The molecule has 8 heteroatoms. The summed E-state index contributed by atoms with van der Waals surface area (Å²) in [5.74, 6) is -0.925. The zero-order chi connectivity index (χ0) is 13.3. The lowest BCUT2D eigenvalue weighted by molar-refractivity contribution is -0.137. The molecule has 8 nitrogen and oxygen atoms in total. The number of carboxylic acids is 1. The Labute approximate surface area is 101 Å². The molecule has 0 saturated heterocycles. The summed E-state index contributed by atoms with van der Waals surface area (Å²) < 4.78 is 2.28. The first-order chi connectivity index (χ1) is 8.52. The third-order valence-electron chi connectivity index (χ3n) is 2.68. The minimum atomic E-state index is -0.925. The van der Waals surface area contributed by atoms with Crippen LogP contribution in [0.5, 0.6) is 0 Å². The van der Waals surface area contributed by atoms with Crippen LogP contribution in [0.25, 0.3) is 11.2 Å². The number of nitrogens with one attached hydrogen (secondary N) is 1. The summed E-state index contributed by atoms with van der Waals surface area (Å²) in [5, 5.41) is 8.57. The molecule has 0 radical (unpaired) electrons. The fourth-order valence-corrected chi connectivity index (χ4v) is 1.77. The first-order valence-corrected chi connectivity index (χ1v) is 5.37. The number of carboxylic acid groups (broad SMARTS) is 1. The summed E-state index contributed by atoms with van der Waals surface area (Å²) in [6, 6.07) is 0.